The predicted octanol–water partition coefficient (Wildman–Crippen LogP) is 3.08. The zero-order chi connectivity index (χ0) is 16.0. The largest absolute Gasteiger partial charge is 0.480 e. The summed E-state index contributed by atoms with van der Waals surface area (Å²) in [6.07, 6.45) is -2.79. The van der Waals surface area contributed by atoms with E-state index in [4.69, 9.17) is 5.11 Å². The Morgan fingerprint density at radius 2 is 1.81 bits per heavy atom. The molecule has 2 N–H and O–H groups in total. The van der Waals surface area contributed by atoms with Crippen LogP contribution < -0.4 is 5.32 Å². The summed E-state index contributed by atoms with van der Waals surface area (Å²) in [5, 5.41) is 11.3. The van der Waals surface area contributed by atoms with E-state index in [1.807, 2.05) is 6.92 Å². The van der Waals surface area contributed by atoms with Gasteiger partial charge in [-0.15, -0.1) is 0 Å². The lowest BCUT2D eigenvalue weighted by molar-refractivity contribution is -0.139. The van der Waals surface area contributed by atoms with Gasteiger partial charge in [-0.2, -0.15) is 13.2 Å². The van der Waals surface area contributed by atoms with Gasteiger partial charge in [-0.1, -0.05) is 19.8 Å². The first-order valence-electron chi connectivity index (χ1n) is 6.46. The minimum absolute atomic E-state index is 0.00857. The normalized spacial score (nSPS) is 12.8. The van der Waals surface area contributed by atoms with Gasteiger partial charge in [0.05, 0.1) is 5.56 Å². The molecule has 0 heterocycles. The van der Waals surface area contributed by atoms with E-state index >= 15 is 0 Å². The highest BCUT2D eigenvalue weighted by atomic mass is 19.4. The first-order chi connectivity index (χ1) is 9.75. The van der Waals surface area contributed by atoms with Crippen molar-refractivity contribution < 1.29 is 27.9 Å². The van der Waals surface area contributed by atoms with Crippen molar-refractivity contribution >= 4 is 11.9 Å². The lowest BCUT2D eigenvalue weighted by Crippen LogP contribution is -2.40. The lowest BCUT2D eigenvalue weighted by Gasteiger charge is -2.14. The molecule has 116 valence electrons. The van der Waals surface area contributed by atoms with E-state index in [0.717, 1.165) is 30.7 Å². The Balaban J connectivity index is 2.76. The topological polar surface area (TPSA) is 66.4 Å². The van der Waals surface area contributed by atoms with Gasteiger partial charge in [0.15, 0.2) is 0 Å². The van der Waals surface area contributed by atoms with E-state index < -0.39 is 29.7 Å². The van der Waals surface area contributed by atoms with Crippen LogP contribution in [-0.4, -0.2) is 23.0 Å². The van der Waals surface area contributed by atoms with Crippen LogP contribution in [0.15, 0.2) is 24.3 Å². The number of carboxylic acid groups (broad SMARTS) is 1. The molecule has 1 unspecified atom stereocenters. The molecule has 0 aromatic heterocycles. The van der Waals surface area contributed by atoms with Crippen molar-refractivity contribution in [3.05, 3.63) is 35.4 Å². The minimum Gasteiger partial charge on any atom is -0.480 e. The molecule has 1 aromatic rings. The molecular formula is C14H16F3NO3. The number of carbonyl (C=O) groups excluding carboxylic acids is 1. The molecule has 4 nitrogen and oxygen atoms in total. The van der Waals surface area contributed by atoms with E-state index in [9.17, 15) is 22.8 Å². The maximum Gasteiger partial charge on any atom is 0.416 e. The van der Waals surface area contributed by atoms with Crippen LogP contribution in [0.25, 0.3) is 0 Å². The van der Waals surface area contributed by atoms with Gasteiger partial charge in [0, 0.05) is 5.56 Å². The number of aliphatic carboxylic acids is 1. The fourth-order valence-electron chi connectivity index (χ4n) is 1.72. The Hall–Kier alpha value is -2.05. The summed E-state index contributed by atoms with van der Waals surface area (Å²) in [7, 11) is 0. The van der Waals surface area contributed by atoms with Gasteiger partial charge < -0.3 is 10.4 Å². The molecule has 1 amide bonds. The maximum atomic E-state index is 12.4. The maximum absolute atomic E-state index is 12.4. The monoisotopic (exact) mass is 303 g/mol. The molecule has 0 fully saturated rings. The Morgan fingerprint density at radius 1 is 1.24 bits per heavy atom. The van der Waals surface area contributed by atoms with Crippen LogP contribution in [0.1, 0.15) is 42.1 Å². The molecular weight excluding hydrogens is 287 g/mol. The second kappa shape index (κ2) is 7.10. The number of hydrogen-bond donors (Lipinski definition) is 2. The molecule has 0 aliphatic carbocycles. The van der Waals surface area contributed by atoms with E-state index in [0.29, 0.717) is 6.42 Å². The lowest BCUT2D eigenvalue weighted by atomic mass is 10.1. The Morgan fingerprint density at radius 3 is 2.24 bits per heavy atom. The molecule has 21 heavy (non-hydrogen) atoms. The van der Waals surface area contributed by atoms with Crippen LogP contribution in [0.2, 0.25) is 0 Å². The van der Waals surface area contributed by atoms with Crippen LogP contribution in [0.3, 0.4) is 0 Å². The predicted molar refractivity (Wildman–Crippen MR) is 69.9 cm³/mol. The summed E-state index contributed by atoms with van der Waals surface area (Å²) >= 11 is 0. The standard InChI is InChI=1S/C14H16F3NO3/c1-2-3-4-11(13(20)21)18-12(19)9-5-7-10(8-6-9)14(15,16)17/h5-8,11H,2-4H2,1H3,(H,18,19)(H,20,21). The van der Waals surface area contributed by atoms with Crippen molar-refractivity contribution in [2.75, 3.05) is 0 Å². The van der Waals surface area contributed by atoms with Gasteiger partial charge in [-0.3, -0.25) is 4.79 Å². The number of amides is 1. The van der Waals surface area contributed by atoms with Crippen LogP contribution >= 0.6 is 0 Å². The average molecular weight is 303 g/mol. The molecule has 0 bridgehead atoms. The summed E-state index contributed by atoms with van der Waals surface area (Å²) in [6, 6.07) is 2.58. The van der Waals surface area contributed by atoms with Gasteiger partial charge in [-0.25, -0.2) is 4.79 Å². The van der Waals surface area contributed by atoms with Crippen LogP contribution in [0.4, 0.5) is 13.2 Å². The highest BCUT2D eigenvalue weighted by Gasteiger charge is 2.30. The van der Waals surface area contributed by atoms with Crippen LogP contribution in [-0.2, 0) is 11.0 Å². The zero-order valence-electron chi connectivity index (χ0n) is 11.4. The molecule has 1 rings (SSSR count). The third-order valence-electron chi connectivity index (χ3n) is 2.92. The number of alkyl halides is 3. The van der Waals surface area contributed by atoms with E-state index in [-0.39, 0.29) is 12.0 Å². The summed E-state index contributed by atoms with van der Waals surface area (Å²) in [4.78, 5) is 22.8. The second-order valence-corrected chi connectivity index (χ2v) is 4.58. The molecule has 0 spiro atoms. The number of carbonyl (C=O) groups is 2. The fraction of sp³-hybridized carbons (Fsp3) is 0.429. The summed E-state index contributed by atoms with van der Waals surface area (Å²) in [6.45, 7) is 1.89. The molecule has 0 aliphatic heterocycles. The summed E-state index contributed by atoms with van der Waals surface area (Å²) in [5.74, 6) is -1.86. The number of unbranched alkanes of at least 4 members (excludes halogenated alkanes) is 1. The van der Waals surface area contributed by atoms with Gasteiger partial charge >= 0.3 is 12.1 Å². The summed E-state index contributed by atoms with van der Waals surface area (Å²) < 4.78 is 37.2. The van der Waals surface area contributed by atoms with Crippen molar-refractivity contribution in [2.24, 2.45) is 0 Å². The van der Waals surface area contributed by atoms with E-state index in [1.165, 1.54) is 0 Å². The molecule has 0 saturated heterocycles. The molecule has 0 aliphatic rings. The van der Waals surface area contributed by atoms with Crippen molar-refractivity contribution in [3.8, 4) is 0 Å². The quantitative estimate of drug-likeness (QED) is 0.848. The van der Waals surface area contributed by atoms with Crippen molar-refractivity contribution in [2.45, 2.75) is 38.4 Å². The number of halogens is 3. The van der Waals surface area contributed by atoms with Crippen molar-refractivity contribution in [3.63, 3.8) is 0 Å². The minimum atomic E-state index is -4.47. The smallest absolute Gasteiger partial charge is 0.416 e. The molecule has 1 atom stereocenters. The van der Waals surface area contributed by atoms with Gasteiger partial charge in [-0.05, 0) is 30.7 Å². The third-order valence-corrected chi connectivity index (χ3v) is 2.92. The molecule has 1 aromatic carbocycles. The van der Waals surface area contributed by atoms with E-state index in [2.05, 4.69) is 5.32 Å². The Labute approximate surface area is 120 Å². The number of carboxylic acids is 1. The third kappa shape index (κ3) is 5.09. The fourth-order valence-corrected chi connectivity index (χ4v) is 1.72. The number of nitrogens with one attached hydrogen (secondary N) is 1. The number of hydrogen-bond acceptors (Lipinski definition) is 2. The highest BCUT2D eigenvalue weighted by molar-refractivity contribution is 5.96. The number of rotatable bonds is 6. The molecule has 7 heteroatoms. The molecule has 0 radical (unpaired) electrons. The Bertz CT molecular complexity index is 497. The highest BCUT2D eigenvalue weighted by Crippen LogP contribution is 2.29. The van der Waals surface area contributed by atoms with Crippen molar-refractivity contribution in [1.82, 2.24) is 5.32 Å². The van der Waals surface area contributed by atoms with Crippen LogP contribution in [0, 0.1) is 0 Å². The van der Waals surface area contributed by atoms with Crippen LogP contribution in [0.5, 0.6) is 0 Å². The SMILES string of the molecule is CCCCC(NC(=O)c1ccc(C(F)(F)F)cc1)C(=O)O. The summed E-state index contributed by atoms with van der Waals surface area (Å²) in [5.41, 5.74) is -0.870. The van der Waals surface area contributed by atoms with Crippen molar-refractivity contribution in [1.29, 1.82) is 0 Å². The van der Waals surface area contributed by atoms with Gasteiger partial charge in [0.1, 0.15) is 6.04 Å². The average Bonchev–Trinajstić information content (AvgIpc) is 2.42. The van der Waals surface area contributed by atoms with Gasteiger partial charge in [0.2, 0.25) is 0 Å². The first-order valence-corrected chi connectivity index (χ1v) is 6.46. The Kier molecular flexibility index (Phi) is 5.75. The molecule has 0 saturated carbocycles. The van der Waals surface area contributed by atoms with E-state index in [1.54, 1.807) is 0 Å². The number of benzene rings is 1. The second-order valence-electron chi connectivity index (χ2n) is 4.58. The zero-order valence-corrected chi connectivity index (χ0v) is 11.4. The first kappa shape index (κ1) is 17.0. The van der Waals surface area contributed by atoms with Gasteiger partial charge in [0.25, 0.3) is 5.91 Å².